The fourth-order valence-corrected chi connectivity index (χ4v) is 1.73. The first-order valence-electron chi connectivity index (χ1n) is 4.48. The van der Waals surface area contributed by atoms with Gasteiger partial charge in [0.25, 0.3) is 0 Å². The van der Waals surface area contributed by atoms with Crippen molar-refractivity contribution in [3.05, 3.63) is 0 Å². The maximum absolute atomic E-state index is 2.44. The summed E-state index contributed by atoms with van der Waals surface area (Å²) < 4.78 is 0. The second kappa shape index (κ2) is 3.55. The molecule has 0 aromatic rings. The molecule has 0 aliphatic carbocycles. The minimum Gasteiger partial charge on any atom is -0.306 e. The van der Waals surface area contributed by atoms with Gasteiger partial charge in [-0.2, -0.15) is 0 Å². The monoisotopic (exact) mass is 156 g/mol. The molecule has 0 aromatic carbocycles. The van der Waals surface area contributed by atoms with Crippen molar-refractivity contribution in [3.8, 4) is 0 Å². The van der Waals surface area contributed by atoms with Crippen LogP contribution in [0.1, 0.15) is 19.8 Å². The van der Waals surface area contributed by atoms with E-state index in [0.717, 1.165) is 12.1 Å². The first kappa shape index (κ1) is 9.01. The van der Waals surface area contributed by atoms with E-state index in [2.05, 4.69) is 37.9 Å². The maximum atomic E-state index is 2.44. The molecule has 2 atom stereocenters. The average molecular weight is 156 g/mol. The standard InChI is InChI=1S/C9H20N2/c1-8-7-9(10(2)3)5-6-11(8)4/h8-9H,5-7H2,1-4H3/t8-,9?/m0/s1. The zero-order chi connectivity index (χ0) is 8.43. The lowest BCUT2D eigenvalue weighted by Crippen LogP contribution is -2.45. The van der Waals surface area contributed by atoms with Gasteiger partial charge in [-0.05, 0) is 47.5 Å². The molecule has 0 N–H and O–H groups in total. The Hall–Kier alpha value is -0.0800. The number of hydrogen-bond donors (Lipinski definition) is 0. The third-order valence-electron chi connectivity index (χ3n) is 2.91. The van der Waals surface area contributed by atoms with E-state index in [1.807, 2.05) is 0 Å². The largest absolute Gasteiger partial charge is 0.306 e. The van der Waals surface area contributed by atoms with Gasteiger partial charge in [-0.15, -0.1) is 0 Å². The quantitative estimate of drug-likeness (QED) is 0.559. The van der Waals surface area contributed by atoms with E-state index < -0.39 is 0 Å². The van der Waals surface area contributed by atoms with E-state index in [0.29, 0.717) is 0 Å². The van der Waals surface area contributed by atoms with Crippen molar-refractivity contribution in [2.45, 2.75) is 31.8 Å². The van der Waals surface area contributed by atoms with E-state index in [1.165, 1.54) is 19.4 Å². The van der Waals surface area contributed by atoms with Crippen LogP contribution in [0.4, 0.5) is 0 Å². The van der Waals surface area contributed by atoms with E-state index in [9.17, 15) is 0 Å². The van der Waals surface area contributed by atoms with Crippen molar-refractivity contribution in [1.29, 1.82) is 0 Å². The van der Waals surface area contributed by atoms with Crippen LogP contribution in [0.2, 0.25) is 0 Å². The van der Waals surface area contributed by atoms with Crippen molar-refractivity contribution in [2.24, 2.45) is 0 Å². The summed E-state index contributed by atoms with van der Waals surface area (Å²) in [6.45, 7) is 3.57. The molecule has 66 valence electrons. The third kappa shape index (κ3) is 2.17. The van der Waals surface area contributed by atoms with Crippen molar-refractivity contribution in [2.75, 3.05) is 27.7 Å². The topological polar surface area (TPSA) is 6.48 Å². The van der Waals surface area contributed by atoms with Crippen LogP contribution in [0.3, 0.4) is 0 Å². The first-order valence-corrected chi connectivity index (χ1v) is 4.48. The van der Waals surface area contributed by atoms with Crippen molar-refractivity contribution in [3.63, 3.8) is 0 Å². The molecule has 1 unspecified atom stereocenters. The summed E-state index contributed by atoms with van der Waals surface area (Å²) in [7, 11) is 6.59. The van der Waals surface area contributed by atoms with Gasteiger partial charge >= 0.3 is 0 Å². The molecule has 1 rings (SSSR count). The van der Waals surface area contributed by atoms with Crippen LogP contribution >= 0.6 is 0 Å². The van der Waals surface area contributed by atoms with Crippen LogP contribution in [0.5, 0.6) is 0 Å². The second-order valence-corrected chi connectivity index (χ2v) is 3.97. The van der Waals surface area contributed by atoms with Gasteiger partial charge in [-0.1, -0.05) is 0 Å². The summed E-state index contributed by atoms with van der Waals surface area (Å²) >= 11 is 0. The fraction of sp³-hybridized carbons (Fsp3) is 1.00. The van der Waals surface area contributed by atoms with Crippen molar-refractivity contribution < 1.29 is 0 Å². The Bertz CT molecular complexity index is 123. The summed E-state index contributed by atoms with van der Waals surface area (Å²) in [5, 5.41) is 0. The molecule has 0 saturated carbocycles. The van der Waals surface area contributed by atoms with E-state index >= 15 is 0 Å². The molecule has 1 heterocycles. The highest BCUT2D eigenvalue weighted by molar-refractivity contribution is 4.80. The normalized spacial score (nSPS) is 34.6. The van der Waals surface area contributed by atoms with Gasteiger partial charge in [0, 0.05) is 12.1 Å². The Morgan fingerprint density at radius 1 is 1.36 bits per heavy atom. The molecule has 0 aromatic heterocycles. The molecule has 0 bridgehead atoms. The van der Waals surface area contributed by atoms with E-state index in [-0.39, 0.29) is 0 Å². The second-order valence-electron chi connectivity index (χ2n) is 3.97. The van der Waals surface area contributed by atoms with Gasteiger partial charge in [0.15, 0.2) is 0 Å². The molecule has 1 saturated heterocycles. The number of likely N-dealkylation sites (tertiary alicyclic amines) is 1. The van der Waals surface area contributed by atoms with Crippen LogP contribution in [-0.2, 0) is 0 Å². The molecule has 11 heavy (non-hydrogen) atoms. The van der Waals surface area contributed by atoms with Crippen molar-refractivity contribution >= 4 is 0 Å². The molecule has 2 heteroatoms. The number of nitrogens with zero attached hydrogens (tertiary/aromatic N) is 2. The molecule has 2 nitrogen and oxygen atoms in total. The highest BCUT2D eigenvalue weighted by atomic mass is 15.2. The lowest BCUT2D eigenvalue weighted by atomic mass is 9.98. The van der Waals surface area contributed by atoms with Crippen LogP contribution in [0, 0.1) is 0 Å². The Morgan fingerprint density at radius 2 is 2.00 bits per heavy atom. The SMILES string of the molecule is C[C@H]1CC(N(C)C)CCN1C. The van der Waals surface area contributed by atoms with Crippen LogP contribution in [-0.4, -0.2) is 49.6 Å². The van der Waals surface area contributed by atoms with Crippen LogP contribution < -0.4 is 0 Å². The van der Waals surface area contributed by atoms with Gasteiger partial charge in [0.05, 0.1) is 0 Å². The molecule has 0 spiro atoms. The Labute approximate surface area is 70.2 Å². The summed E-state index contributed by atoms with van der Waals surface area (Å²) in [5.41, 5.74) is 0. The van der Waals surface area contributed by atoms with Gasteiger partial charge in [-0.3, -0.25) is 0 Å². The van der Waals surface area contributed by atoms with Crippen LogP contribution in [0.15, 0.2) is 0 Å². The molecule has 1 aliphatic heterocycles. The Kier molecular flexibility index (Phi) is 2.90. The Balaban J connectivity index is 2.40. The number of hydrogen-bond acceptors (Lipinski definition) is 2. The zero-order valence-corrected chi connectivity index (χ0v) is 8.17. The summed E-state index contributed by atoms with van der Waals surface area (Å²) in [4.78, 5) is 4.80. The highest BCUT2D eigenvalue weighted by Gasteiger charge is 2.23. The lowest BCUT2D eigenvalue weighted by molar-refractivity contribution is 0.120. The summed E-state index contributed by atoms with van der Waals surface area (Å²) in [6.07, 6.45) is 2.65. The smallest absolute Gasteiger partial charge is 0.0116 e. The molecule has 1 fully saturated rings. The van der Waals surface area contributed by atoms with Gasteiger partial charge < -0.3 is 9.80 Å². The summed E-state index contributed by atoms with van der Waals surface area (Å²) in [5.74, 6) is 0. The van der Waals surface area contributed by atoms with Crippen molar-refractivity contribution in [1.82, 2.24) is 9.80 Å². The predicted molar refractivity (Wildman–Crippen MR) is 48.8 cm³/mol. The fourth-order valence-electron chi connectivity index (χ4n) is 1.73. The van der Waals surface area contributed by atoms with Gasteiger partial charge in [0.2, 0.25) is 0 Å². The number of rotatable bonds is 1. The Morgan fingerprint density at radius 3 is 2.45 bits per heavy atom. The minimum absolute atomic E-state index is 0.760. The minimum atomic E-state index is 0.760. The van der Waals surface area contributed by atoms with Gasteiger partial charge in [0.1, 0.15) is 0 Å². The number of piperidine rings is 1. The highest BCUT2D eigenvalue weighted by Crippen LogP contribution is 2.17. The lowest BCUT2D eigenvalue weighted by Gasteiger charge is -2.37. The third-order valence-corrected chi connectivity index (χ3v) is 2.91. The van der Waals surface area contributed by atoms with E-state index in [4.69, 9.17) is 0 Å². The van der Waals surface area contributed by atoms with E-state index in [1.54, 1.807) is 0 Å². The first-order chi connectivity index (χ1) is 5.11. The van der Waals surface area contributed by atoms with Crippen LogP contribution in [0.25, 0.3) is 0 Å². The molecular formula is C9H20N2. The molecule has 0 amide bonds. The molecule has 1 aliphatic rings. The molecular weight excluding hydrogens is 136 g/mol. The maximum Gasteiger partial charge on any atom is 0.0116 e. The zero-order valence-electron chi connectivity index (χ0n) is 8.17. The summed E-state index contributed by atoms with van der Waals surface area (Å²) in [6, 6.07) is 1.57. The average Bonchev–Trinajstić information content (AvgIpc) is 1.94. The van der Waals surface area contributed by atoms with Gasteiger partial charge in [-0.25, -0.2) is 0 Å². The predicted octanol–water partition coefficient (Wildman–Crippen LogP) is 1.03. The molecule has 0 radical (unpaired) electrons.